The van der Waals surface area contributed by atoms with Crippen LogP contribution in [0.3, 0.4) is 0 Å². The third-order valence-electron chi connectivity index (χ3n) is 5.80. The van der Waals surface area contributed by atoms with Gasteiger partial charge in [-0.25, -0.2) is 0 Å². The quantitative estimate of drug-likeness (QED) is 0.913. The maximum Gasteiger partial charge on any atom is 0.317 e. The molecule has 1 saturated heterocycles. The van der Waals surface area contributed by atoms with Crippen molar-refractivity contribution in [2.75, 3.05) is 19.6 Å². The third-order valence-corrected chi connectivity index (χ3v) is 5.80. The van der Waals surface area contributed by atoms with Gasteiger partial charge in [-0.2, -0.15) is 0 Å². The standard InChI is InChI=1S/C22H25NO3/c1-16-6-8-17(9-7-16)19-14-22(26-20-5-3-2-4-18(19)20)10-12-23(13-11-22)15-21(24)25/h2-9,19H,10-15H2,1H3,(H,24,25). The molecule has 0 amide bonds. The fourth-order valence-corrected chi connectivity index (χ4v) is 4.33. The van der Waals surface area contributed by atoms with Gasteiger partial charge in [0.05, 0.1) is 6.54 Å². The minimum Gasteiger partial charge on any atom is -0.487 e. The number of benzene rings is 2. The fourth-order valence-electron chi connectivity index (χ4n) is 4.33. The number of fused-ring (bicyclic) bond motifs is 1. The van der Waals surface area contributed by atoms with Crippen molar-refractivity contribution in [1.82, 2.24) is 4.90 Å². The van der Waals surface area contributed by atoms with E-state index in [1.165, 1.54) is 16.7 Å². The zero-order valence-electron chi connectivity index (χ0n) is 15.1. The molecule has 4 rings (SSSR count). The number of ether oxygens (including phenoxy) is 1. The molecule has 2 aromatic rings. The molecule has 1 spiro atoms. The van der Waals surface area contributed by atoms with Gasteiger partial charge in [0.2, 0.25) is 0 Å². The van der Waals surface area contributed by atoms with Gasteiger partial charge in [0.15, 0.2) is 0 Å². The van der Waals surface area contributed by atoms with E-state index in [9.17, 15) is 4.79 Å². The summed E-state index contributed by atoms with van der Waals surface area (Å²) in [4.78, 5) is 13.0. The van der Waals surface area contributed by atoms with Gasteiger partial charge in [-0.1, -0.05) is 48.0 Å². The molecule has 1 atom stereocenters. The first-order valence-electron chi connectivity index (χ1n) is 9.33. The number of aryl methyl sites for hydroxylation is 1. The summed E-state index contributed by atoms with van der Waals surface area (Å²) in [7, 11) is 0. The topological polar surface area (TPSA) is 49.8 Å². The molecule has 0 aromatic heterocycles. The highest BCUT2D eigenvalue weighted by molar-refractivity contribution is 5.69. The van der Waals surface area contributed by atoms with Gasteiger partial charge in [-0.3, -0.25) is 9.69 Å². The largest absolute Gasteiger partial charge is 0.487 e. The van der Waals surface area contributed by atoms with Gasteiger partial charge >= 0.3 is 5.97 Å². The van der Waals surface area contributed by atoms with Crippen LogP contribution in [0.4, 0.5) is 0 Å². The molecule has 136 valence electrons. The van der Waals surface area contributed by atoms with E-state index < -0.39 is 5.97 Å². The maximum absolute atomic E-state index is 11.0. The zero-order valence-corrected chi connectivity index (χ0v) is 15.1. The molecular formula is C22H25NO3. The van der Waals surface area contributed by atoms with Gasteiger partial charge in [0.25, 0.3) is 0 Å². The molecule has 4 nitrogen and oxygen atoms in total. The van der Waals surface area contributed by atoms with Gasteiger partial charge in [-0.05, 0) is 37.8 Å². The van der Waals surface area contributed by atoms with Crippen molar-refractivity contribution < 1.29 is 14.6 Å². The molecule has 2 aliphatic heterocycles. The second kappa shape index (κ2) is 6.76. The molecule has 2 aliphatic rings. The molecule has 2 heterocycles. The Hall–Kier alpha value is -2.33. The summed E-state index contributed by atoms with van der Waals surface area (Å²) >= 11 is 0. The molecule has 0 bridgehead atoms. The molecule has 1 fully saturated rings. The number of rotatable bonds is 3. The van der Waals surface area contributed by atoms with Crippen molar-refractivity contribution in [2.45, 2.75) is 37.7 Å². The summed E-state index contributed by atoms with van der Waals surface area (Å²) in [6.45, 7) is 3.78. The van der Waals surface area contributed by atoms with Gasteiger partial charge < -0.3 is 9.84 Å². The van der Waals surface area contributed by atoms with E-state index in [4.69, 9.17) is 9.84 Å². The lowest BCUT2D eigenvalue weighted by molar-refractivity contribution is -0.139. The summed E-state index contributed by atoms with van der Waals surface area (Å²) in [6, 6.07) is 17.2. The number of carboxylic acids is 1. The van der Waals surface area contributed by atoms with Crippen molar-refractivity contribution >= 4 is 5.97 Å². The van der Waals surface area contributed by atoms with E-state index in [0.29, 0.717) is 5.92 Å². The first-order valence-corrected chi connectivity index (χ1v) is 9.33. The van der Waals surface area contributed by atoms with E-state index in [0.717, 1.165) is 38.1 Å². The summed E-state index contributed by atoms with van der Waals surface area (Å²) < 4.78 is 6.52. The average Bonchev–Trinajstić information content (AvgIpc) is 2.64. The van der Waals surface area contributed by atoms with Crippen LogP contribution < -0.4 is 4.74 Å². The number of piperidine rings is 1. The van der Waals surface area contributed by atoms with Crippen molar-refractivity contribution in [2.24, 2.45) is 0 Å². The van der Waals surface area contributed by atoms with E-state index >= 15 is 0 Å². The maximum atomic E-state index is 11.0. The molecule has 26 heavy (non-hydrogen) atoms. The molecule has 0 saturated carbocycles. The van der Waals surface area contributed by atoms with Crippen LogP contribution in [0.1, 0.15) is 41.9 Å². The van der Waals surface area contributed by atoms with Crippen molar-refractivity contribution in [3.63, 3.8) is 0 Å². The Morgan fingerprint density at radius 3 is 2.54 bits per heavy atom. The van der Waals surface area contributed by atoms with Gasteiger partial charge in [-0.15, -0.1) is 0 Å². The predicted molar refractivity (Wildman–Crippen MR) is 101 cm³/mol. The molecule has 4 heteroatoms. The van der Waals surface area contributed by atoms with Crippen LogP contribution in [0.2, 0.25) is 0 Å². The van der Waals surface area contributed by atoms with Gasteiger partial charge in [0.1, 0.15) is 11.4 Å². The summed E-state index contributed by atoms with van der Waals surface area (Å²) in [5.74, 6) is 0.552. The van der Waals surface area contributed by atoms with Crippen LogP contribution in [-0.2, 0) is 4.79 Å². The first kappa shape index (κ1) is 17.1. The SMILES string of the molecule is Cc1ccc(C2CC3(CCN(CC(=O)O)CC3)Oc3ccccc32)cc1. The minimum absolute atomic E-state index is 0.119. The lowest BCUT2D eigenvalue weighted by Gasteiger charge is -2.47. The molecule has 2 aromatic carbocycles. The highest BCUT2D eigenvalue weighted by Crippen LogP contribution is 2.47. The van der Waals surface area contributed by atoms with Crippen molar-refractivity contribution in [1.29, 1.82) is 0 Å². The molecule has 1 N–H and O–H groups in total. The van der Waals surface area contributed by atoms with Crippen LogP contribution in [-0.4, -0.2) is 41.2 Å². The van der Waals surface area contributed by atoms with E-state index in [2.05, 4.69) is 49.4 Å². The van der Waals surface area contributed by atoms with Crippen LogP contribution >= 0.6 is 0 Å². The lowest BCUT2D eigenvalue weighted by atomic mass is 9.74. The van der Waals surface area contributed by atoms with E-state index in [1.54, 1.807) is 0 Å². The smallest absolute Gasteiger partial charge is 0.317 e. The van der Waals surface area contributed by atoms with Crippen molar-refractivity contribution in [3.8, 4) is 5.75 Å². The second-order valence-electron chi connectivity index (χ2n) is 7.66. The van der Waals surface area contributed by atoms with Crippen LogP contribution in [0.5, 0.6) is 5.75 Å². The Kier molecular flexibility index (Phi) is 4.45. The lowest BCUT2D eigenvalue weighted by Crippen LogP contribution is -2.51. The minimum atomic E-state index is -0.756. The summed E-state index contributed by atoms with van der Waals surface area (Å²) in [5.41, 5.74) is 3.67. The number of aliphatic carboxylic acids is 1. The summed E-state index contributed by atoms with van der Waals surface area (Å²) in [6.07, 6.45) is 2.70. The summed E-state index contributed by atoms with van der Waals surface area (Å²) in [5, 5.41) is 9.04. The van der Waals surface area contributed by atoms with E-state index in [-0.39, 0.29) is 12.1 Å². The van der Waals surface area contributed by atoms with Crippen LogP contribution in [0.15, 0.2) is 48.5 Å². The van der Waals surface area contributed by atoms with Crippen LogP contribution in [0, 0.1) is 6.92 Å². The number of nitrogens with zero attached hydrogens (tertiary/aromatic N) is 1. The van der Waals surface area contributed by atoms with E-state index in [1.807, 2.05) is 11.0 Å². The highest BCUT2D eigenvalue weighted by Gasteiger charge is 2.43. The number of hydrogen-bond donors (Lipinski definition) is 1. The van der Waals surface area contributed by atoms with Gasteiger partial charge in [0, 0.05) is 24.6 Å². The molecule has 0 aliphatic carbocycles. The Morgan fingerprint density at radius 1 is 1.15 bits per heavy atom. The highest BCUT2D eigenvalue weighted by atomic mass is 16.5. The number of hydrogen-bond acceptors (Lipinski definition) is 3. The monoisotopic (exact) mass is 351 g/mol. The third kappa shape index (κ3) is 3.34. The number of para-hydroxylation sites is 1. The first-order chi connectivity index (χ1) is 12.5. The number of carbonyl (C=O) groups is 1. The fraction of sp³-hybridized carbons (Fsp3) is 0.409. The molecule has 0 radical (unpaired) electrons. The van der Waals surface area contributed by atoms with Crippen LogP contribution in [0.25, 0.3) is 0 Å². The predicted octanol–water partition coefficient (Wildman–Crippen LogP) is 3.83. The molecular weight excluding hydrogens is 326 g/mol. The Balaban J connectivity index is 1.62. The Morgan fingerprint density at radius 2 is 1.85 bits per heavy atom. The molecule has 1 unspecified atom stereocenters. The Labute approximate surface area is 154 Å². The Bertz CT molecular complexity index is 791. The second-order valence-corrected chi connectivity index (χ2v) is 7.66. The average molecular weight is 351 g/mol. The normalized spacial score (nSPS) is 21.8. The zero-order chi connectivity index (χ0) is 18.1. The number of likely N-dealkylation sites (tertiary alicyclic amines) is 1. The van der Waals surface area contributed by atoms with Crippen molar-refractivity contribution in [3.05, 3.63) is 65.2 Å². The number of carboxylic acid groups (broad SMARTS) is 1.